The predicted octanol–water partition coefficient (Wildman–Crippen LogP) is 15.5. The van der Waals surface area contributed by atoms with E-state index in [0.29, 0.717) is 0 Å². The molecule has 13 aromatic carbocycles. The Morgan fingerprint density at radius 3 is 1.42 bits per heavy atom. The quantitative estimate of drug-likeness (QED) is 0.161. The molecule has 0 bridgehead atoms. The monoisotopic (exact) mass is 1070 g/mol. The number of benzene rings is 13. The van der Waals surface area contributed by atoms with Crippen LogP contribution in [0.2, 0.25) is 0 Å². The van der Waals surface area contributed by atoms with Crippen molar-refractivity contribution >= 4 is 118 Å². The molecule has 0 aliphatic carbocycles. The molecule has 6 nitrogen and oxygen atoms in total. The maximum Gasteiger partial charge on any atom is 0.260 e. The molecule has 8 heteroatoms. The number of nitrogens with zero attached hydrogens (tertiary/aromatic N) is 3. The van der Waals surface area contributed by atoms with Crippen LogP contribution < -0.4 is 51.9 Å². The molecule has 0 N–H and O–H groups in total. The third-order valence-corrected chi connectivity index (χ3v) is 18.2. The predicted molar refractivity (Wildman–Crippen MR) is 347 cm³/mol. The first-order chi connectivity index (χ1) is 41.6. The molecule has 0 saturated heterocycles. The molecular formula is C76H45B2N3O3. The Labute approximate surface area is 484 Å². The van der Waals surface area contributed by atoms with Crippen LogP contribution in [0, 0.1) is 0 Å². The molecule has 2 aromatic heterocycles. The molecule has 4 aliphatic rings. The summed E-state index contributed by atoms with van der Waals surface area (Å²) in [5.74, 6) is 4.87. The van der Waals surface area contributed by atoms with E-state index in [-0.39, 0.29) is 13.4 Å². The van der Waals surface area contributed by atoms with Crippen molar-refractivity contribution < 1.29 is 14.2 Å². The van der Waals surface area contributed by atoms with Crippen molar-refractivity contribution in [2.75, 3.05) is 4.90 Å². The molecule has 6 heterocycles. The van der Waals surface area contributed by atoms with Crippen LogP contribution in [0.4, 0.5) is 17.1 Å². The minimum Gasteiger partial charge on any atom is -0.458 e. The highest BCUT2D eigenvalue weighted by Crippen LogP contribution is 2.47. The van der Waals surface area contributed by atoms with Gasteiger partial charge in [-0.05, 0) is 157 Å². The van der Waals surface area contributed by atoms with Gasteiger partial charge in [0.2, 0.25) is 0 Å². The molecule has 0 radical (unpaired) electrons. The summed E-state index contributed by atoms with van der Waals surface area (Å²) in [5, 5.41) is 7.32. The van der Waals surface area contributed by atoms with Gasteiger partial charge in [-0.3, -0.25) is 0 Å². The van der Waals surface area contributed by atoms with E-state index in [4.69, 9.17) is 14.2 Å². The fourth-order valence-corrected chi connectivity index (χ4v) is 14.6. The van der Waals surface area contributed by atoms with Crippen LogP contribution in [0.3, 0.4) is 0 Å². The third kappa shape index (κ3) is 6.53. The van der Waals surface area contributed by atoms with E-state index in [1.165, 1.54) is 54.4 Å². The number of aromatic nitrogens is 2. The first kappa shape index (κ1) is 45.7. The fraction of sp³-hybridized carbons (Fsp3) is 0. The third-order valence-electron chi connectivity index (χ3n) is 18.2. The van der Waals surface area contributed by atoms with Gasteiger partial charge in [0.15, 0.2) is 0 Å². The second kappa shape index (κ2) is 17.3. The van der Waals surface area contributed by atoms with Gasteiger partial charge in [0.1, 0.15) is 34.5 Å². The number of anilines is 3. The second-order valence-electron chi connectivity index (χ2n) is 22.7. The van der Waals surface area contributed by atoms with E-state index in [2.05, 4.69) is 287 Å². The van der Waals surface area contributed by atoms with Gasteiger partial charge in [0.05, 0.1) is 22.1 Å². The van der Waals surface area contributed by atoms with E-state index in [0.717, 1.165) is 118 Å². The van der Waals surface area contributed by atoms with Crippen molar-refractivity contribution in [1.29, 1.82) is 0 Å². The Bertz CT molecular complexity index is 5230. The van der Waals surface area contributed by atoms with Crippen LogP contribution >= 0.6 is 0 Å². The lowest BCUT2D eigenvalue weighted by Gasteiger charge is -2.40. The Kier molecular flexibility index (Phi) is 9.41. The number of hydrogen-bond acceptors (Lipinski definition) is 4. The minimum atomic E-state index is -0.160. The Hall–Kier alpha value is -11.0. The summed E-state index contributed by atoms with van der Waals surface area (Å²) in [6.45, 7) is -0.271. The minimum absolute atomic E-state index is 0.110. The molecule has 388 valence electrons. The van der Waals surface area contributed by atoms with Crippen molar-refractivity contribution in [1.82, 2.24) is 9.13 Å². The Balaban J connectivity index is 0.826. The zero-order chi connectivity index (χ0) is 54.7. The summed E-state index contributed by atoms with van der Waals surface area (Å²) in [6, 6.07) is 99.1. The van der Waals surface area contributed by atoms with Crippen LogP contribution in [0.5, 0.6) is 34.5 Å². The van der Waals surface area contributed by atoms with Crippen LogP contribution in [-0.4, -0.2) is 22.6 Å². The van der Waals surface area contributed by atoms with E-state index in [9.17, 15) is 0 Å². The van der Waals surface area contributed by atoms with E-state index >= 15 is 0 Å². The van der Waals surface area contributed by atoms with Crippen molar-refractivity contribution in [2.45, 2.75) is 0 Å². The van der Waals surface area contributed by atoms with Gasteiger partial charge in [-0.2, -0.15) is 0 Å². The number of hydrogen-bond donors (Lipinski definition) is 0. The number of fused-ring (bicyclic) bond motifs is 15. The highest BCUT2D eigenvalue weighted by atomic mass is 16.5. The maximum atomic E-state index is 7.48. The molecule has 0 spiro atoms. The first-order valence-electron chi connectivity index (χ1n) is 28.9. The average molecular weight is 1070 g/mol. The van der Waals surface area contributed by atoms with Crippen LogP contribution in [0.1, 0.15) is 0 Å². The molecule has 0 atom stereocenters. The van der Waals surface area contributed by atoms with Gasteiger partial charge in [0, 0.05) is 61.5 Å². The van der Waals surface area contributed by atoms with Gasteiger partial charge in [0.25, 0.3) is 13.4 Å². The smallest absolute Gasteiger partial charge is 0.260 e. The summed E-state index contributed by atoms with van der Waals surface area (Å²) in [4.78, 5) is 2.46. The lowest BCUT2D eigenvalue weighted by atomic mass is 9.34. The summed E-state index contributed by atoms with van der Waals surface area (Å²) in [5.41, 5.74) is 20.9. The summed E-state index contributed by atoms with van der Waals surface area (Å²) in [6.07, 6.45) is 0. The maximum absolute atomic E-state index is 7.48. The van der Waals surface area contributed by atoms with Gasteiger partial charge in [-0.1, -0.05) is 170 Å². The first-order valence-corrected chi connectivity index (χ1v) is 28.9. The molecule has 0 fully saturated rings. The van der Waals surface area contributed by atoms with Crippen molar-refractivity contribution in [3.05, 3.63) is 273 Å². The van der Waals surface area contributed by atoms with Gasteiger partial charge < -0.3 is 28.2 Å². The number of rotatable bonds is 5. The van der Waals surface area contributed by atoms with Crippen LogP contribution in [-0.2, 0) is 0 Å². The Morgan fingerprint density at radius 1 is 0.250 bits per heavy atom. The second-order valence-corrected chi connectivity index (χ2v) is 22.7. The standard InChI is InChI=1S/C76H45B2N3O3/c1-2-18-52(19-3-1)79-67-44-53(80-63-25-11-6-20-55(63)56-21-7-12-26-64(56)80)33-35-59(67)77-61-36-34-54(81-65-27-13-8-22-57(65)58-23-9-14-28-66(58)81)45-71(61)84-72-41-50(40-68(79)75(72)77)51-42-73-76-74(43-51)83-70-37-32-49(48-31-30-46-16-4-5-17-47(46)38-48)39-62(70)78(76)60-24-10-15-29-69(60)82-73/h1-45H. The van der Waals surface area contributed by atoms with E-state index in [1.54, 1.807) is 0 Å². The molecule has 0 unspecified atom stereocenters. The lowest BCUT2D eigenvalue weighted by Crippen LogP contribution is -2.59. The molecule has 19 rings (SSSR count). The van der Waals surface area contributed by atoms with Crippen LogP contribution in [0.25, 0.3) is 88.0 Å². The van der Waals surface area contributed by atoms with Crippen molar-refractivity contribution in [3.63, 3.8) is 0 Å². The van der Waals surface area contributed by atoms with Gasteiger partial charge >= 0.3 is 0 Å². The topological polar surface area (TPSA) is 40.8 Å². The molecular weight excluding hydrogens is 1020 g/mol. The summed E-state index contributed by atoms with van der Waals surface area (Å²) >= 11 is 0. The molecule has 0 amide bonds. The largest absolute Gasteiger partial charge is 0.458 e. The van der Waals surface area contributed by atoms with E-state index < -0.39 is 0 Å². The average Bonchev–Trinajstić information content (AvgIpc) is 1.20. The van der Waals surface area contributed by atoms with E-state index in [1.807, 2.05) is 0 Å². The molecule has 15 aromatic rings. The molecule has 0 saturated carbocycles. The van der Waals surface area contributed by atoms with Crippen molar-refractivity contribution in [3.8, 4) is 68.1 Å². The molecule has 84 heavy (non-hydrogen) atoms. The zero-order valence-electron chi connectivity index (χ0n) is 45.2. The van der Waals surface area contributed by atoms with Crippen LogP contribution in [0.15, 0.2) is 273 Å². The van der Waals surface area contributed by atoms with Crippen molar-refractivity contribution in [2.24, 2.45) is 0 Å². The fourth-order valence-electron chi connectivity index (χ4n) is 14.6. The SMILES string of the molecule is c1ccc(N2c3cc(-n4c5ccccc5c5ccccc54)ccc3B3c4ccc(-n5c6ccccc6c6ccccc65)cc4Oc4cc(-c5cc6c7c(c5)Oc5ccc(-c8ccc9ccccc9c8)cc5B7c5ccccc5O6)cc2c43)cc1. The Morgan fingerprint density at radius 2 is 0.738 bits per heavy atom. The zero-order valence-corrected chi connectivity index (χ0v) is 45.2. The molecule has 4 aliphatic heterocycles. The van der Waals surface area contributed by atoms with Gasteiger partial charge in [-0.25, -0.2) is 0 Å². The lowest BCUT2D eigenvalue weighted by molar-refractivity contribution is 0.465. The highest BCUT2D eigenvalue weighted by molar-refractivity contribution is 6.99. The summed E-state index contributed by atoms with van der Waals surface area (Å²) < 4.78 is 26.5. The number of ether oxygens (including phenoxy) is 3. The number of para-hydroxylation sites is 6. The summed E-state index contributed by atoms with van der Waals surface area (Å²) in [7, 11) is 0. The normalized spacial score (nSPS) is 13.2. The highest BCUT2D eigenvalue weighted by Gasteiger charge is 2.44. The van der Waals surface area contributed by atoms with Gasteiger partial charge in [-0.15, -0.1) is 0 Å².